The number of carbonyl (C=O) groups excluding carboxylic acids is 1. The third kappa shape index (κ3) is 3.12. The maximum atomic E-state index is 11.1. The highest BCUT2D eigenvalue weighted by Gasteiger charge is 2.16. The summed E-state index contributed by atoms with van der Waals surface area (Å²) >= 11 is 5.88. The average molecular weight is 243 g/mol. The van der Waals surface area contributed by atoms with Crippen molar-refractivity contribution in [2.24, 2.45) is 17.4 Å². The minimum absolute atomic E-state index is 0.213. The molecule has 88 valence electrons. The number of primary amides is 1. The second-order valence-electron chi connectivity index (χ2n) is 3.50. The maximum Gasteiger partial charge on any atom is 0.222 e. The molecular weight excluding hydrogens is 228 g/mol. The Labute approximate surface area is 99.5 Å². The number of benzene rings is 1. The van der Waals surface area contributed by atoms with Crippen molar-refractivity contribution >= 4 is 17.5 Å². The Bertz CT molecular complexity index is 382. The Morgan fingerprint density at radius 2 is 2.25 bits per heavy atom. The lowest BCUT2D eigenvalue weighted by Crippen LogP contribution is -2.31. The van der Waals surface area contributed by atoms with Crippen LogP contribution >= 0.6 is 11.6 Å². The van der Waals surface area contributed by atoms with Crippen LogP contribution in [0.4, 0.5) is 0 Å². The number of methoxy groups -OCH3 is 1. The summed E-state index contributed by atoms with van der Waals surface area (Å²) < 4.78 is 5.17. The van der Waals surface area contributed by atoms with Crippen LogP contribution in [0, 0.1) is 5.92 Å². The molecule has 1 amide bonds. The van der Waals surface area contributed by atoms with E-state index in [9.17, 15) is 4.79 Å². The summed E-state index contributed by atoms with van der Waals surface area (Å²) in [4.78, 5) is 11.1. The fraction of sp³-hybridized carbons (Fsp3) is 0.364. The van der Waals surface area contributed by atoms with Crippen LogP contribution in [-0.2, 0) is 11.2 Å². The molecule has 0 aromatic heterocycles. The average Bonchev–Trinajstić information content (AvgIpc) is 2.25. The van der Waals surface area contributed by atoms with Gasteiger partial charge in [-0.3, -0.25) is 4.79 Å². The molecule has 0 aliphatic rings. The van der Waals surface area contributed by atoms with E-state index < -0.39 is 11.8 Å². The number of carbonyl (C=O) groups is 1. The minimum atomic E-state index is -0.412. The highest BCUT2D eigenvalue weighted by Crippen LogP contribution is 2.24. The maximum absolute atomic E-state index is 11.1. The number of halogens is 1. The van der Waals surface area contributed by atoms with E-state index in [1.54, 1.807) is 25.3 Å². The number of ether oxygens (including phenoxy) is 1. The molecule has 1 atom stereocenters. The molecule has 0 aliphatic carbocycles. The van der Waals surface area contributed by atoms with Crippen molar-refractivity contribution in [2.45, 2.75) is 6.42 Å². The van der Waals surface area contributed by atoms with E-state index in [0.29, 0.717) is 17.2 Å². The Morgan fingerprint density at radius 1 is 1.56 bits per heavy atom. The normalized spacial score (nSPS) is 12.2. The number of nitrogens with two attached hydrogens (primary N) is 2. The van der Waals surface area contributed by atoms with Crippen LogP contribution in [0.3, 0.4) is 0 Å². The predicted molar refractivity (Wildman–Crippen MR) is 63.4 cm³/mol. The van der Waals surface area contributed by atoms with Gasteiger partial charge in [-0.1, -0.05) is 11.6 Å². The number of hydrogen-bond donors (Lipinski definition) is 2. The van der Waals surface area contributed by atoms with E-state index in [1.165, 1.54) is 0 Å². The summed E-state index contributed by atoms with van der Waals surface area (Å²) in [7, 11) is 1.56. The number of amides is 1. The largest absolute Gasteiger partial charge is 0.496 e. The molecule has 1 aromatic rings. The Kier molecular flexibility index (Phi) is 4.58. The third-order valence-corrected chi connectivity index (χ3v) is 2.63. The van der Waals surface area contributed by atoms with E-state index >= 15 is 0 Å². The van der Waals surface area contributed by atoms with Gasteiger partial charge in [0.15, 0.2) is 0 Å². The highest BCUT2D eigenvalue weighted by atomic mass is 35.5. The van der Waals surface area contributed by atoms with Crippen LogP contribution in [0.5, 0.6) is 5.75 Å². The molecule has 16 heavy (non-hydrogen) atoms. The van der Waals surface area contributed by atoms with E-state index in [2.05, 4.69) is 0 Å². The van der Waals surface area contributed by atoms with Crippen molar-refractivity contribution in [2.75, 3.05) is 13.7 Å². The lowest BCUT2D eigenvalue weighted by atomic mass is 9.98. The molecule has 0 heterocycles. The van der Waals surface area contributed by atoms with E-state index in [1.807, 2.05) is 0 Å². The molecule has 4 nitrogen and oxygen atoms in total. The van der Waals surface area contributed by atoms with E-state index in [-0.39, 0.29) is 6.54 Å². The minimum Gasteiger partial charge on any atom is -0.496 e. The summed E-state index contributed by atoms with van der Waals surface area (Å²) in [5.41, 5.74) is 11.5. The van der Waals surface area contributed by atoms with Crippen LogP contribution in [0.25, 0.3) is 0 Å². The summed E-state index contributed by atoms with van der Waals surface area (Å²) in [5.74, 6) is -0.124. The van der Waals surface area contributed by atoms with Gasteiger partial charge in [-0.2, -0.15) is 0 Å². The molecule has 1 unspecified atom stereocenters. The molecule has 4 N–H and O–H groups in total. The van der Waals surface area contributed by atoms with Gasteiger partial charge < -0.3 is 16.2 Å². The zero-order valence-electron chi connectivity index (χ0n) is 9.07. The van der Waals surface area contributed by atoms with Crippen molar-refractivity contribution in [3.8, 4) is 5.75 Å². The van der Waals surface area contributed by atoms with Crippen molar-refractivity contribution in [1.29, 1.82) is 0 Å². The van der Waals surface area contributed by atoms with E-state index in [4.69, 9.17) is 27.8 Å². The Hall–Kier alpha value is -1.26. The molecule has 0 aliphatic heterocycles. The van der Waals surface area contributed by atoms with Gasteiger partial charge in [0, 0.05) is 11.6 Å². The quantitative estimate of drug-likeness (QED) is 0.807. The van der Waals surface area contributed by atoms with Crippen LogP contribution in [-0.4, -0.2) is 19.6 Å². The fourth-order valence-electron chi connectivity index (χ4n) is 1.47. The third-order valence-electron chi connectivity index (χ3n) is 2.40. The first-order valence-electron chi connectivity index (χ1n) is 4.90. The van der Waals surface area contributed by atoms with Gasteiger partial charge >= 0.3 is 0 Å². The zero-order chi connectivity index (χ0) is 12.1. The molecule has 0 radical (unpaired) electrons. The fourth-order valence-corrected chi connectivity index (χ4v) is 1.67. The molecule has 0 bridgehead atoms. The summed E-state index contributed by atoms with van der Waals surface area (Å²) in [6.45, 7) is 0.213. The molecule has 1 rings (SSSR count). The molecule has 0 fully saturated rings. The predicted octanol–water partition coefficient (Wildman–Crippen LogP) is 0.951. The lowest BCUT2D eigenvalue weighted by Gasteiger charge is -2.13. The van der Waals surface area contributed by atoms with Gasteiger partial charge in [-0.15, -0.1) is 0 Å². The van der Waals surface area contributed by atoms with Gasteiger partial charge in [-0.25, -0.2) is 0 Å². The molecular formula is C11H15ClN2O2. The van der Waals surface area contributed by atoms with Gasteiger partial charge in [0.25, 0.3) is 0 Å². The van der Waals surface area contributed by atoms with E-state index in [0.717, 1.165) is 5.56 Å². The zero-order valence-corrected chi connectivity index (χ0v) is 9.83. The molecule has 0 saturated carbocycles. The monoisotopic (exact) mass is 242 g/mol. The molecule has 1 aromatic carbocycles. The van der Waals surface area contributed by atoms with Crippen LogP contribution in [0.2, 0.25) is 5.02 Å². The first-order chi connectivity index (χ1) is 7.58. The van der Waals surface area contributed by atoms with Gasteiger partial charge in [0.1, 0.15) is 5.75 Å². The first kappa shape index (κ1) is 12.8. The first-order valence-corrected chi connectivity index (χ1v) is 5.28. The summed E-state index contributed by atoms with van der Waals surface area (Å²) in [5, 5.41) is 0.594. The number of rotatable bonds is 5. The van der Waals surface area contributed by atoms with Gasteiger partial charge in [0.2, 0.25) is 5.91 Å². The Balaban J connectivity index is 2.93. The standard InChI is InChI=1S/C11H15ClN2O2/c1-16-10-3-2-9(12)5-7(10)4-8(6-13)11(14)15/h2-3,5,8H,4,6,13H2,1H3,(H2,14,15). The SMILES string of the molecule is COc1ccc(Cl)cc1CC(CN)C(N)=O. The van der Waals surface area contributed by atoms with Crippen LogP contribution in [0.15, 0.2) is 18.2 Å². The topological polar surface area (TPSA) is 78.3 Å². The Morgan fingerprint density at radius 3 is 2.75 bits per heavy atom. The number of hydrogen-bond acceptors (Lipinski definition) is 3. The second kappa shape index (κ2) is 5.72. The second-order valence-corrected chi connectivity index (χ2v) is 3.93. The highest BCUT2D eigenvalue weighted by molar-refractivity contribution is 6.30. The van der Waals surface area contributed by atoms with Crippen LogP contribution < -0.4 is 16.2 Å². The summed E-state index contributed by atoms with van der Waals surface area (Å²) in [6, 6.07) is 5.24. The molecule has 0 saturated heterocycles. The van der Waals surface area contributed by atoms with Gasteiger partial charge in [0.05, 0.1) is 13.0 Å². The summed E-state index contributed by atoms with van der Waals surface area (Å²) in [6.07, 6.45) is 0.440. The van der Waals surface area contributed by atoms with Crippen molar-refractivity contribution < 1.29 is 9.53 Å². The lowest BCUT2D eigenvalue weighted by molar-refractivity contribution is -0.121. The smallest absolute Gasteiger partial charge is 0.222 e. The van der Waals surface area contributed by atoms with Crippen molar-refractivity contribution in [3.05, 3.63) is 28.8 Å². The van der Waals surface area contributed by atoms with Crippen molar-refractivity contribution in [1.82, 2.24) is 0 Å². The van der Waals surface area contributed by atoms with Crippen molar-refractivity contribution in [3.63, 3.8) is 0 Å². The van der Waals surface area contributed by atoms with Gasteiger partial charge in [-0.05, 0) is 30.2 Å². The molecule has 5 heteroatoms. The van der Waals surface area contributed by atoms with Crippen LogP contribution in [0.1, 0.15) is 5.56 Å². The molecule has 0 spiro atoms.